The Labute approximate surface area is 137 Å². The molecule has 1 aromatic heterocycles. The minimum absolute atomic E-state index is 0.116. The first-order chi connectivity index (χ1) is 11.6. The number of benzene rings is 1. The van der Waals surface area contributed by atoms with Crippen LogP contribution in [-0.4, -0.2) is 47.9 Å². The molecule has 0 aliphatic rings. The lowest BCUT2D eigenvalue weighted by atomic mass is 10.1. The number of nitriles is 1. The third-order valence-corrected chi connectivity index (χ3v) is 3.01. The zero-order valence-electron chi connectivity index (χ0n) is 13.2. The van der Waals surface area contributed by atoms with E-state index in [0.29, 0.717) is 17.2 Å². The van der Waals surface area contributed by atoms with Gasteiger partial charge in [-0.05, 0) is 5.21 Å². The SMILES string of the molecule is COC(=O)c1cc(OC)c(OC)cc1NC=C(C#N)c1nn[nH]n1. The summed E-state index contributed by atoms with van der Waals surface area (Å²) in [6.07, 6.45) is 1.35. The van der Waals surface area contributed by atoms with Crippen LogP contribution in [0.5, 0.6) is 11.5 Å². The molecule has 0 saturated carbocycles. The fraction of sp³-hybridized carbons (Fsp3) is 0.214. The second-order valence-electron chi connectivity index (χ2n) is 4.29. The zero-order valence-corrected chi connectivity index (χ0v) is 13.2. The molecule has 0 bridgehead atoms. The van der Waals surface area contributed by atoms with E-state index in [1.54, 1.807) is 6.07 Å². The highest BCUT2D eigenvalue weighted by atomic mass is 16.5. The van der Waals surface area contributed by atoms with Gasteiger partial charge >= 0.3 is 5.97 Å². The number of aromatic nitrogens is 4. The highest BCUT2D eigenvalue weighted by Gasteiger charge is 2.17. The smallest absolute Gasteiger partial charge is 0.340 e. The van der Waals surface area contributed by atoms with Crippen molar-refractivity contribution in [2.45, 2.75) is 0 Å². The van der Waals surface area contributed by atoms with Crippen molar-refractivity contribution in [2.24, 2.45) is 0 Å². The molecule has 1 heterocycles. The van der Waals surface area contributed by atoms with Gasteiger partial charge in [0, 0.05) is 18.3 Å². The second kappa shape index (κ2) is 7.59. The van der Waals surface area contributed by atoms with Crippen LogP contribution in [0.15, 0.2) is 18.3 Å². The second-order valence-corrected chi connectivity index (χ2v) is 4.29. The largest absolute Gasteiger partial charge is 0.493 e. The Balaban J connectivity index is 2.44. The van der Waals surface area contributed by atoms with Crippen molar-refractivity contribution >= 4 is 17.2 Å². The van der Waals surface area contributed by atoms with Crippen molar-refractivity contribution in [3.8, 4) is 17.6 Å². The van der Waals surface area contributed by atoms with Gasteiger partial charge in [-0.25, -0.2) is 4.79 Å². The number of nitrogens with zero attached hydrogens (tertiary/aromatic N) is 4. The van der Waals surface area contributed by atoms with E-state index in [1.165, 1.54) is 33.6 Å². The molecule has 0 radical (unpaired) electrons. The molecular formula is C14H14N6O4. The Morgan fingerprint density at radius 2 is 2.00 bits per heavy atom. The minimum Gasteiger partial charge on any atom is -0.493 e. The molecule has 0 fully saturated rings. The van der Waals surface area contributed by atoms with Gasteiger partial charge in [-0.1, -0.05) is 0 Å². The summed E-state index contributed by atoms with van der Waals surface area (Å²) in [5.41, 5.74) is 0.682. The Bertz CT molecular complexity index is 794. The molecule has 0 unspecified atom stereocenters. The average Bonchev–Trinajstić information content (AvgIpc) is 3.15. The van der Waals surface area contributed by atoms with E-state index in [1.807, 2.05) is 6.07 Å². The highest BCUT2D eigenvalue weighted by Crippen LogP contribution is 2.34. The van der Waals surface area contributed by atoms with Crippen molar-refractivity contribution in [3.63, 3.8) is 0 Å². The van der Waals surface area contributed by atoms with E-state index in [2.05, 4.69) is 25.9 Å². The number of rotatable bonds is 6. The van der Waals surface area contributed by atoms with Crippen molar-refractivity contribution in [1.82, 2.24) is 20.6 Å². The molecule has 0 amide bonds. The van der Waals surface area contributed by atoms with Crippen LogP contribution in [0, 0.1) is 11.3 Å². The number of esters is 1. The van der Waals surface area contributed by atoms with Gasteiger partial charge in [0.15, 0.2) is 11.5 Å². The normalized spacial score (nSPS) is 10.7. The van der Waals surface area contributed by atoms with Crippen LogP contribution >= 0.6 is 0 Å². The topological polar surface area (TPSA) is 135 Å². The van der Waals surface area contributed by atoms with E-state index in [9.17, 15) is 4.79 Å². The summed E-state index contributed by atoms with van der Waals surface area (Å²) in [5, 5.41) is 25.1. The highest BCUT2D eigenvalue weighted by molar-refractivity contribution is 5.97. The predicted molar refractivity (Wildman–Crippen MR) is 82.3 cm³/mol. The first kappa shape index (κ1) is 16.8. The molecule has 124 valence electrons. The molecule has 0 aliphatic heterocycles. The Morgan fingerprint density at radius 3 is 2.54 bits per heavy atom. The predicted octanol–water partition coefficient (Wildman–Crippen LogP) is 0.980. The molecule has 0 saturated heterocycles. The van der Waals surface area contributed by atoms with Gasteiger partial charge in [0.2, 0.25) is 5.82 Å². The van der Waals surface area contributed by atoms with Crippen LogP contribution in [0.2, 0.25) is 0 Å². The van der Waals surface area contributed by atoms with Gasteiger partial charge in [-0.2, -0.15) is 10.5 Å². The molecule has 0 aliphatic carbocycles. The Hall–Kier alpha value is -3.61. The van der Waals surface area contributed by atoms with Gasteiger partial charge in [0.1, 0.15) is 11.6 Å². The maximum Gasteiger partial charge on any atom is 0.340 e. The van der Waals surface area contributed by atoms with Crippen molar-refractivity contribution in [2.75, 3.05) is 26.6 Å². The summed E-state index contributed by atoms with van der Waals surface area (Å²) >= 11 is 0. The van der Waals surface area contributed by atoms with E-state index < -0.39 is 5.97 Å². The molecule has 24 heavy (non-hydrogen) atoms. The molecule has 2 rings (SSSR count). The Morgan fingerprint density at radius 1 is 1.29 bits per heavy atom. The molecule has 0 spiro atoms. The maximum atomic E-state index is 12.0. The number of allylic oxidation sites excluding steroid dienone is 1. The van der Waals surface area contributed by atoms with Gasteiger partial charge in [-0.15, -0.1) is 10.2 Å². The number of hydrogen-bond donors (Lipinski definition) is 2. The maximum absolute atomic E-state index is 12.0. The molecule has 1 aromatic carbocycles. The number of carbonyl (C=O) groups excluding carboxylic acids is 1. The fourth-order valence-corrected chi connectivity index (χ4v) is 1.85. The van der Waals surface area contributed by atoms with Crippen LogP contribution in [0.25, 0.3) is 5.57 Å². The summed E-state index contributed by atoms with van der Waals surface area (Å²) in [7, 11) is 4.18. The number of carbonyl (C=O) groups is 1. The van der Waals surface area contributed by atoms with Crippen molar-refractivity contribution in [3.05, 3.63) is 29.7 Å². The summed E-state index contributed by atoms with van der Waals surface area (Å²) in [5.74, 6) is 0.306. The minimum atomic E-state index is -0.579. The van der Waals surface area contributed by atoms with Gasteiger partial charge in [0.05, 0.1) is 32.6 Å². The monoisotopic (exact) mass is 330 g/mol. The van der Waals surface area contributed by atoms with Gasteiger partial charge in [-0.3, -0.25) is 0 Å². The van der Waals surface area contributed by atoms with Gasteiger partial charge in [0.25, 0.3) is 0 Å². The number of H-pyrrole nitrogens is 1. The molecule has 2 N–H and O–H groups in total. The quantitative estimate of drug-likeness (QED) is 0.586. The number of aromatic amines is 1. The molecule has 10 heteroatoms. The third kappa shape index (κ3) is 3.41. The van der Waals surface area contributed by atoms with E-state index in [0.717, 1.165) is 0 Å². The summed E-state index contributed by atoms with van der Waals surface area (Å²) in [6, 6.07) is 4.95. The fourth-order valence-electron chi connectivity index (χ4n) is 1.85. The molecule has 0 atom stereocenters. The molecule has 2 aromatic rings. The lowest BCUT2D eigenvalue weighted by Crippen LogP contribution is -2.07. The van der Waals surface area contributed by atoms with Crippen molar-refractivity contribution in [1.29, 1.82) is 5.26 Å². The van der Waals surface area contributed by atoms with Crippen LogP contribution < -0.4 is 14.8 Å². The van der Waals surface area contributed by atoms with Gasteiger partial charge < -0.3 is 19.5 Å². The third-order valence-electron chi connectivity index (χ3n) is 3.01. The number of ether oxygens (including phenoxy) is 3. The Kier molecular flexibility index (Phi) is 5.30. The number of anilines is 1. The van der Waals surface area contributed by atoms with E-state index in [-0.39, 0.29) is 17.0 Å². The lowest BCUT2D eigenvalue weighted by Gasteiger charge is -2.13. The standard InChI is InChI=1S/C14H14N6O4/c1-22-11-4-9(14(21)24-3)10(5-12(11)23-2)16-7-8(6-15)13-17-19-20-18-13/h4-5,7,16H,1-3H3,(H,17,18,19,20). The number of hydrogen-bond acceptors (Lipinski definition) is 9. The summed E-state index contributed by atoms with van der Waals surface area (Å²) < 4.78 is 15.1. The number of tetrazole rings is 1. The van der Waals surface area contributed by atoms with Crippen LogP contribution in [-0.2, 0) is 4.74 Å². The molecular weight excluding hydrogens is 316 g/mol. The van der Waals surface area contributed by atoms with E-state index >= 15 is 0 Å². The number of nitrogens with one attached hydrogen (secondary N) is 2. The first-order valence-electron chi connectivity index (χ1n) is 6.59. The number of methoxy groups -OCH3 is 3. The van der Waals surface area contributed by atoms with Crippen molar-refractivity contribution < 1.29 is 19.0 Å². The molecule has 10 nitrogen and oxygen atoms in total. The first-order valence-corrected chi connectivity index (χ1v) is 6.59. The summed E-state index contributed by atoms with van der Waals surface area (Å²) in [4.78, 5) is 12.0. The average molecular weight is 330 g/mol. The van der Waals surface area contributed by atoms with Crippen LogP contribution in [0.4, 0.5) is 5.69 Å². The van der Waals surface area contributed by atoms with Crippen LogP contribution in [0.3, 0.4) is 0 Å². The summed E-state index contributed by atoms with van der Waals surface area (Å²) in [6.45, 7) is 0. The van der Waals surface area contributed by atoms with Crippen LogP contribution in [0.1, 0.15) is 16.2 Å². The zero-order chi connectivity index (χ0) is 17.5. The lowest BCUT2D eigenvalue weighted by molar-refractivity contribution is 0.0601. The van der Waals surface area contributed by atoms with E-state index in [4.69, 9.17) is 19.5 Å².